The summed E-state index contributed by atoms with van der Waals surface area (Å²) in [4.78, 5) is 28.9. The lowest BCUT2D eigenvalue weighted by atomic mass is 10.3. The van der Waals surface area contributed by atoms with Gasteiger partial charge in [-0.15, -0.1) is 0 Å². The average Bonchev–Trinajstić information content (AvgIpc) is 3.09. The minimum absolute atomic E-state index is 0.282. The van der Waals surface area contributed by atoms with Gasteiger partial charge in [-0.1, -0.05) is 24.3 Å². The first-order chi connectivity index (χ1) is 12.8. The molecule has 0 saturated heterocycles. The van der Waals surface area contributed by atoms with Gasteiger partial charge in [-0.2, -0.15) is 5.48 Å². The van der Waals surface area contributed by atoms with Crippen molar-refractivity contribution in [1.29, 1.82) is 0 Å². The van der Waals surface area contributed by atoms with Gasteiger partial charge in [-0.05, 0) is 36.4 Å². The summed E-state index contributed by atoms with van der Waals surface area (Å²) in [6.07, 6.45) is 1.55. The van der Waals surface area contributed by atoms with Crippen molar-refractivity contribution in [2.45, 2.75) is 0 Å². The highest BCUT2D eigenvalue weighted by atomic mass is 16.7. The molecule has 1 amide bonds. The van der Waals surface area contributed by atoms with Gasteiger partial charge in [0.2, 0.25) is 5.95 Å². The highest BCUT2D eigenvalue weighted by Gasteiger charge is 2.08. The second-order valence-corrected chi connectivity index (χ2v) is 5.50. The van der Waals surface area contributed by atoms with Crippen LogP contribution in [0.25, 0.3) is 11.0 Å². The molecule has 7 heteroatoms. The third kappa shape index (κ3) is 3.46. The first-order valence-corrected chi connectivity index (χ1v) is 7.98. The first-order valence-electron chi connectivity index (χ1n) is 7.98. The van der Waals surface area contributed by atoms with Crippen molar-refractivity contribution in [2.75, 3.05) is 5.32 Å². The quantitative estimate of drug-likeness (QED) is 0.482. The van der Waals surface area contributed by atoms with Crippen LogP contribution in [-0.2, 0) is 0 Å². The van der Waals surface area contributed by atoms with Crippen LogP contribution in [0.4, 0.5) is 11.6 Å². The summed E-state index contributed by atoms with van der Waals surface area (Å²) in [5, 5.41) is 3.20. The first kappa shape index (κ1) is 15.6. The van der Waals surface area contributed by atoms with Crippen molar-refractivity contribution in [3.63, 3.8) is 0 Å². The van der Waals surface area contributed by atoms with Gasteiger partial charge in [0.15, 0.2) is 5.75 Å². The van der Waals surface area contributed by atoms with Gasteiger partial charge in [-0.25, -0.2) is 4.98 Å². The zero-order valence-electron chi connectivity index (χ0n) is 13.6. The number of hydrogen-bond donors (Lipinski definition) is 3. The molecule has 0 atom stereocenters. The number of pyridine rings is 1. The minimum atomic E-state index is -0.415. The Balaban J connectivity index is 1.46. The maximum Gasteiger partial charge on any atom is 0.302 e. The lowest BCUT2D eigenvalue weighted by molar-refractivity contribution is 0.0754. The lowest BCUT2D eigenvalue weighted by Crippen LogP contribution is -2.27. The van der Waals surface area contributed by atoms with E-state index in [0.717, 1.165) is 16.7 Å². The van der Waals surface area contributed by atoms with Gasteiger partial charge in [0, 0.05) is 18.0 Å². The highest BCUT2D eigenvalue weighted by molar-refractivity contribution is 5.91. The van der Waals surface area contributed by atoms with Crippen molar-refractivity contribution >= 4 is 28.6 Å². The summed E-state index contributed by atoms with van der Waals surface area (Å²) in [6, 6.07) is 20.1. The Morgan fingerprint density at radius 3 is 2.65 bits per heavy atom. The number of rotatable bonds is 5. The largest absolute Gasteiger partial charge is 0.379 e. The van der Waals surface area contributed by atoms with Crippen LogP contribution < -0.4 is 15.6 Å². The number of nitrogens with one attached hydrogen (secondary N) is 3. The van der Waals surface area contributed by atoms with Crippen LogP contribution in [0.3, 0.4) is 0 Å². The number of benzene rings is 2. The predicted molar refractivity (Wildman–Crippen MR) is 98.1 cm³/mol. The third-order valence-corrected chi connectivity index (χ3v) is 3.65. The number of hydroxylamine groups is 1. The zero-order valence-corrected chi connectivity index (χ0v) is 13.6. The molecule has 4 aromatic rings. The molecular formula is C19H15N5O2. The molecule has 0 saturated carbocycles. The van der Waals surface area contributed by atoms with E-state index < -0.39 is 5.91 Å². The molecule has 0 fully saturated rings. The summed E-state index contributed by atoms with van der Waals surface area (Å²) < 4.78 is 0. The second kappa shape index (κ2) is 6.94. The number of nitrogens with zero attached hydrogens (tertiary/aromatic N) is 2. The molecule has 26 heavy (non-hydrogen) atoms. The SMILES string of the molecule is O=C(NOc1ccc2nc(Nc3ccccc3)[nH]c2c1)c1ccccn1. The normalized spacial score (nSPS) is 10.5. The van der Waals surface area contributed by atoms with E-state index in [2.05, 4.69) is 25.7 Å². The summed E-state index contributed by atoms with van der Waals surface area (Å²) in [6.45, 7) is 0. The van der Waals surface area contributed by atoms with Gasteiger partial charge in [-0.3, -0.25) is 9.78 Å². The minimum Gasteiger partial charge on any atom is -0.379 e. The molecule has 128 valence electrons. The summed E-state index contributed by atoms with van der Waals surface area (Å²) >= 11 is 0. The van der Waals surface area contributed by atoms with E-state index in [-0.39, 0.29) is 5.69 Å². The van der Waals surface area contributed by atoms with Gasteiger partial charge >= 0.3 is 5.91 Å². The number of hydrogen-bond acceptors (Lipinski definition) is 5. The van der Waals surface area contributed by atoms with E-state index in [1.165, 1.54) is 0 Å². The lowest BCUT2D eigenvalue weighted by Gasteiger charge is -2.06. The maximum absolute atomic E-state index is 12.0. The van der Waals surface area contributed by atoms with Gasteiger partial charge in [0.05, 0.1) is 11.0 Å². The molecule has 3 N–H and O–H groups in total. The van der Waals surface area contributed by atoms with Gasteiger partial charge < -0.3 is 15.1 Å². The summed E-state index contributed by atoms with van der Waals surface area (Å²) in [7, 11) is 0. The summed E-state index contributed by atoms with van der Waals surface area (Å²) in [5.41, 5.74) is 5.16. The average molecular weight is 345 g/mol. The summed E-state index contributed by atoms with van der Waals surface area (Å²) in [5.74, 6) is 0.694. The van der Waals surface area contributed by atoms with E-state index in [1.807, 2.05) is 36.4 Å². The number of aromatic nitrogens is 3. The third-order valence-electron chi connectivity index (χ3n) is 3.65. The van der Waals surface area contributed by atoms with Crippen LogP contribution in [0, 0.1) is 0 Å². The van der Waals surface area contributed by atoms with Gasteiger partial charge in [0.1, 0.15) is 5.69 Å². The zero-order chi connectivity index (χ0) is 17.8. The molecule has 7 nitrogen and oxygen atoms in total. The number of aromatic amines is 1. The Hall–Kier alpha value is -3.87. The molecule has 0 bridgehead atoms. The fourth-order valence-corrected chi connectivity index (χ4v) is 2.42. The van der Waals surface area contributed by atoms with E-state index in [4.69, 9.17) is 4.84 Å². The molecule has 0 aliphatic rings. The van der Waals surface area contributed by atoms with Crippen molar-refractivity contribution in [1.82, 2.24) is 20.4 Å². The molecule has 0 unspecified atom stereocenters. The number of H-pyrrole nitrogens is 1. The smallest absolute Gasteiger partial charge is 0.302 e. The van der Waals surface area contributed by atoms with Crippen LogP contribution in [0.5, 0.6) is 5.75 Å². The topological polar surface area (TPSA) is 91.9 Å². The molecule has 0 spiro atoms. The number of anilines is 2. The number of para-hydroxylation sites is 1. The Labute approximate surface area is 149 Å². The fraction of sp³-hybridized carbons (Fsp3) is 0. The maximum atomic E-state index is 12.0. The van der Waals surface area contributed by atoms with E-state index >= 15 is 0 Å². The van der Waals surface area contributed by atoms with Crippen molar-refractivity contribution < 1.29 is 9.63 Å². The van der Waals surface area contributed by atoms with Crippen LogP contribution in [-0.4, -0.2) is 20.9 Å². The number of imidazole rings is 1. The Bertz CT molecular complexity index is 1030. The van der Waals surface area contributed by atoms with E-state index in [0.29, 0.717) is 11.7 Å². The molecule has 2 aromatic heterocycles. The number of carbonyl (C=O) groups excluding carboxylic acids is 1. The van der Waals surface area contributed by atoms with E-state index in [9.17, 15) is 4.79 Å². The molecule has 0 radical (unpaired) electrons. The molecule has 2 heterocycles. The fourth-order valence-electron chi connectivity index (χ4n) is 2.42. The molecular weight excluding hydrogens is 330 g/mol. The predicted octanol–water partition coefficient (Wildman–Crippen LogP) is 3.43. The van der Waals surface area contributed by atoms with Crippen LogP contribution in [0.1, 0.15) is 10.5 Å². The van der Waals surface area contributed by atoms with Crippen LogP contribution in [0.15, 0.2) is 72.9 Å². The molecule has 2 aromatic carbocycles. The number of fused-ring (bicyclic) bond motifs is 1. The van der Waals surface area contributed by atoms with Crippen molar-refractivity contribution in [2.24, 2.45) is 0 Å². The van der Waals surface area contributed by atoms with Crippen LogP contribution in [0.2, 0.25) is 0 Å². The number of carbonyl (C=O) groups is 1. The monoisotopic (exact) mass is 345 g/mol. The molecule has 0 aliphatic heterocycles. The van der Waals surface area contributed by atoms with Crippen molar-refractivity contribution in [3.05, 3.63) is 78.6 Å². The highest BCUT2D eigenvalue weighted by Crippen LogP contribution is 2.22. The Kier molecular flexibility index (Phi) is 4.17. The van der Waals surface area contributed by atoms with Gasteiger partial charge in [0.25, 0.3) is 0 Å². The Morgan fingerprint density at radius 1 is 1.00 bits per heavy atom. The molecule has 0 aliphatic carbocycles. The standard InChI is InChI=1S/C19H15N5O2/c25-18(16-8-4-5-11-20-16)24-26-14-9-10-15-17(12-14)23-19(22-15)21-13-6-2-1-3-7-13/h1-12H,(H,24,25)(H2,21,22,23). The Morgan fingerprint density at radius 2 is 1.85 bits per heavy atom. The van der Waals surface area contributed by atoms with Crippen molar-refractivity contribution in [3.8, 4) is 5.75 Å². The van der Waals surface area contributed by atoms with Crippen LogP contribution >= 0.6 is 0 Å². The second-order valence-electron chi connectivity index (χ2n) is 5.50. The molecule has 4 rings (SSSR count). The van der Waals surface area contributed by atoms with E-state index in [1.54, 1.807) is 36.5 Å². The number of amides is 1.